The number of carbonyl (C=O) groups is 2. The van der Waals surface area contributed by atoms with Crippen LogP contribution in [0.2, 0.25) is 5.02 Å². The van der Waals surface area contributed by atoms with Crippen molar-refractivity contribution in [3.05, 3.63) is 104 Å². The first-order valence-corrected chi connectivity index (χ1v) is 12.5. The molecule has 1 aliphatic heterocycles. The Morgan fingerprint density at radius 3 is 2.43 bits per heavy atom. The van der Waals surface area contributed by atoms with Crippen molar-refractivity contribution < 1.29 is 14.3 Å². The van der Waals surface area contributed by atoms with Crippen LogP contribution in [0.25, 0.3) is 21.9 Å². The number of nitrogens with zero attached hydrogens (tertiary/aromatic N) is 4. The number of anilines is 1. The Morgan fingerprint density at radius 2 is 1.68 bits per heavy atom. The number of aromatic nitrogens is 3. The van der Waals surface area contributed by atoms with Crippen molar-refractivity contribution in [3.8, 4) is 17.1 Å². The topological polar surface area (TPSA) is 93.9 Å². The fraction of sp³-hybridized carbons (Fsp3) is 0.0741. The number of para-hydroxylation sites is 2. The van der Waals surface area contributed by atoms with Gasteiger partial charge in [-0.3, -0.25) is 14.4 Å². The van der Waals surface area contributed by atoms with Gasteiger partial charge in [-0.25, -0.2) is 0 Å². The maximum atomic E-state index is 13.7. The largest absolute Gasteiger partial charge is 0.426 e. The van der Waals surface area contributed by atoms with Gasteiger partial charge in [0, 0.05) is 17.5 Å². The molecule has 6 rings (SSSR count). The lowest BCUT2D eigenvalue weighted by Gasteiger charge is -2.17. The van der Waals surface area contributed by atoms with Crippen molar-refractivity contribution in [2.75, 3.05) is 4.90 Å². The molecule has 0 unspecified atom stereocenters. The molecule has 1 amide bonds. The van der Waals surface area contributed by atoms with E-state index in [4.69, 9.17) is 16.3 Å². The minimum absolute atomic E-state index is 0.246. The van der Waals surface area contributed by atoms with E-state index >= 15 is 0 Å². The van der Waals surface area contributed by atoms with Crippen molar-refractivity contribution in [2.45, 2.75) is 13.5 Å². The molecule has 2 aromatic heterocycles. The molecule has 0 spiro atoms. The van der Waals surface area contributed by atoms with Crippen LogP contribution in [0.3, 0.4) is 0 Å². The van der Waals surface area contributed by atoms with E-state index in [0.29, 0.717) is 38.1 Å². The van der Waals surface area contributed by atoms with E-state index < -0.39 is 11.5 Å². The zero-order chi connectivity index (χ0) is 25.7. The second kappa shape index (κ2) is 8.95. The minimum atomic E-state index is -0.476. The standard InChI is InChI=1S/C27H17ClN4O4S/c1-15(33)36-21-13-7-4-10-18(21)24-29-27-32(30-24)26(35)23(37-27)22-17-9-3-6-12-20(17)31(25(22)34)14-16-8-2-5-11-19(16)28/h2-13H,14H2,1H3. The number of hydrogen-bond acceptors (Lipinski definition) is 7. The first-order valence-electron chi connectivity index (χ1n) is 11.3. The minimum Gasteiger partial charge on any atom is -0.426 e. The molecule has 0 N–H and O–H groups in total. The average molecular weight is 529 g/mol. The van der Waals surface area contributed by atoms with Crippen LogP contribution in [0.5, 0.6) is 5.75 Å². The number of esters is 1. The van der Waals surface area contributed by atoms with Gasteiger partial charge in [0.15, 0.2) is 5.82 Å². The molecule has 37 heavy (non-hydrogen) atoms. The number of rotatable bonds is 4. The smallest absolute Gasteiger partial charge is 0.308 e. The molecule has 8 nitrogen and oxygen atoms in total. The van der Waals surface area contributed by atoms with Gasteiger partial charge in [0.05, 0.1) is 23.4 Å². The van der Waals surface area contributed by atoms with Crippen LogP contribution in [-0.4, -0.2) is 26.5 Å². The quantitative estimate of drug-likeness (QED) is 0.260. The molecule has 3 heterocycles. The van der Waals surface area contributed by atoms with E-state index in [2.05, 4.69) is 10.1 Å². The van der Waals surface area contributed by atoms with E-state index in [9.17, 15) is 14.4 Å². The molecular formula is C27H17ClN4O4S. The van der Waals surface area contributed by atoms with Crippen LogP contribution < -0.4 is 19.7 Å². The molecule has 1 aliphatic rings. The molecule has 5 aromatic rings. The first kappa shape index (κ1) is 23.1. The summed E-state index contributed by atoms with van der Waals surface area (Å²) in [6.07, 6.45) is 0. The molecule has 3 aromatic carbocycles. The van der Waals surface area contributed by atoms with Crippen molar-refractivity contribution in [1.29, 1.82) is 0 Å². The highest BCUT2D eigenvalue weighted by Gasteiger charge is 2.34. The summed E-state index contributed by atoms with van der Waals surface area (Å²) in [5, 5.41) is 4.94. The van der Waals surface area contributed by atoms with E-state index in [1.807, 2.05) is 42.5 Å². The van der Waals surface area contributed by atoms with Gasteiger partial charge in [0.2, 0.25) is 4.96 Å². The summed E-state index contributed by atoms with van der Waals surface area (Å²) < 4.78 is 6.70. The van der Waals surface area contributed by atoms with Crippen LogP contribution in [-0.2, 0) is 16.1 Å². The number of thiazole rings is 1. The Morgan fingerprint density at radius 1 is 0.973 bits per heavy atom. The highest BCUT2D eigenvalue weighted by Crippen LogP contribution is 2.37. The van der Waals surface area contributed by atoms with E-state index in [-0.39, 0.29) is 22.8 Å². The zero-order valence-corrected chi connectivity index (χ0v) is 20.9. The SMILES string of the molecule is CC(=O)Oc1ccccc1-c1nc2sc(=C3C(=O)N(Cc4ccccc4Cl)c4ccccc43)c(=O)n2n1. The van der Waals surface area contributed by atoms with Crippen LogP contribution in [0.15, 0.2) is 77.6 Å². The molecule has 0 radical (unpaired) electrons. The van der Waals surface area contributed by atoms with E-state index in [1.165, 1.54) is 11.4 Å². The maximum Gasteiger partial charge on any atom is 0.308 e. The summed E-state index contributed by atoms with van der Waals surface area (Å²) >= 11 is 7.45. The molecule has 0 fully saturated rings. The third-order valence-electron chi connectivity index (χ3n) is 5.98. The number of hydrogen-bond donors (Lipinski definition) is 0. The molecule has 0 saturated heterocycles. The lowest BCUT2D eigenvalue weighted by Crippen LogP contribution is -2.32. The monoisotopic (exact) mass is 528 g/mol. The molecule has 182 valence electrons. The van der Waals surface area contributed by atoms with Crippen molar-refractivity contribution in [2.24, 2.45) is 0 Å². The van der Waals surface area contributed by atoms with Crippen LogP contribution >= 0.6 is 22.9 Å². The molecular weight excluding hydrogens is 512 g/mol. The predicted octanol–water partition coefficient (Wildman–Crippen LogP) is 3.86. The molecule has 0 aliphatic carbocycles. The van der Waals surface area contributed by atoms with Gasteiger partial charge >= 0.3 is 5.97 Å². The Kier molecular flexibility index (Phi) is 5.58. The summed E-state index contributed by atoms with van der Waals surface area (Å²) in [6, 6.07) is 21.5. The Bertz CT molecular complexity index is 1840. The van der Waals surface area contributed by atoms with Crippen LogP contribution in [0, 0.1) is 0 Å². The molecule has 10 heteroatoms. The third-order valence-corrected chi connectivity index (χ3v) is 7.37. The van der Waals surface area contributed by atoms with Gasteiger partial charge in [-0.1, -0.05) is 71.5 Å². The number of ether oxygens (including phenoxy) is 1. The van der Waals surface area contributed by atoms with Gasteiger partial charge in [-0.2, -0.15) is 9.50 Å². The van der Waals surface area contributed by atoms with Gasteiger partial charge in [0.1, 0.15) is 10.3 Å². The summed E-state index contributed by atoms with van der Waals surface area (Å²) in [5.74, 6) is -0.222. The lowest BCUT2D eigenvalue weighted by atomic mass is 10.1. The lowest BCUT2D eigenvalue weighted by molar-refractivity contribution is -0.131. The van der Waals surface area contributed by atoms with Crippen molar-refractivity contribution in [3.63, 3.8) is 0 Å². The average Bonchev–Trinajstić information content (AvgIpc) is 3.51. The zero-order valence-electron chi connectivity index (χ0n) is 19.3. The predicted molar refractivity (Wildman–Crippen MR) is 141 cm³/mol. The van der Waals surface area contributed by atoms with Crippen molar-refractivity contribution in [1.82, 2.24) is 14.6 Å². The highest BCUT2D eigenvalue weighted by molar-refractivity contribution is 7.15. The summed E-state index contributed by atoms with van der Waals surface area (Å²) in [5.41, 5.74) is 2.52. The summed E-state index contributed by atoms with van der Waals surface area (Å²) in [7, 11) is 0. The normalized spacial score (nSPS) is 14.3. The van der Waals surface area contributed by atoms with Gasteiger partial charge in [0.25, 0.3) is 11.5 Å². The highest BCUT2D eigenvalue weighted by atomic mass is 35.5. The number of benzene rings is 3. The second-order valence-corrected chi connectivity index (χ2v) is 9.72. The van der Waals surface area contributed by atoms with Crippen LogP contribution in [0.4, 0.5) is 5.69 Å². The summed E-state index contributed by atoms with van der Waals surface area (Å²) in [4.78, 5) is 45.1. The van der Waals surface area contributed by atoms with E-state index in [0.717, 1.165) is 16.9 Å². The van der Waals surface area contributed by atoms with Gasteiger partial charge in [-0.15, -0.1) is 5.10 Å². The second-order valence-electron chi connectivity index (χ2n) is 8.33. The number of halogens is 1. The summed E-state index contributed by atoms with van der Waals surface area (Å²) in [6.45, 7) is 1.58. The fourth-order valence-electron chi connectivity index (χ4n) is 4.35. The Labute approximate surface area is 219 Å². The maximum absolute atomic E-state index is 13.7. The number of fused-ring (bicyclic) bond motifs is 2. The first-order chi connectivity index (χ1) is 17.9. The van der Waals surface area contributed by atoms with Gasteiger partial charge in [-0.05, 0) is 29.8 Å². The Balaban J connectivity index is 1.48. The fourth-order valence-corrected chi connectivity index (χ4v) is 5.54. The third kappa shape index (κ3) is 3.89. The molecule has 0 saturated carbocycles. The molecule has 0 atom stereocenters. The van der Waals surface area contributed by atoms with E-state index in [1.54, 1.807) is 35.2 Å². The Hall–Kier alpha value is -4.34. The molecule has 0 bridgehead atoms. The van der Waals surface area contributed by atoms with Crippen LogP contribution in [0.1, 0.15) is 18.1 Å². The van der Waals surface area contributed by atoms with Gasteiger partial charge < -0.3 is 9.64 Å². The number of amides is 1. The van der Waals surface area contributed by atoms with Crippen molar-refractivity contribution >= 4 is 51.0 Å². The number of carbonyl (C=O) groups excluding carboxylic acids is 2.